The summed E-state index contributed by atoms with van der Waals surface area (Å²) in [5, 5.41) is 0. The summed E-state index contributed by atoms with van der Waals surface area (Å²) in [5.41, 5.74) is 8.92. The van der Waals surface area contributed by atoms with Gasteiger partial charge in [-0.3, -0.25) is 0 Å². The van der Waals surface area contributed by atoms with Crippen LogP contribution in [0.25, 0.3) is 22.6 Å². The van der Waals surface area contributed by atoms with Crippen molar-refractivity contribution < 1.29 is 8.98 Å². The second-order valence-corrected chi connectivity index (χ2v) is 4.17. The predicted octanol–water partition coefficient (Wildman–Crippen LogP) is 2.38. The van der Waals surface area contributed by atoms with E-state index in [1.54, 1.807) is 6.07 Å². The lowest BCUT2D eigenvalue weighted by atomic mass is 10.3. The molecule has 0 aliphatic rings. The molecule has 0 atom stereocenters. The van der Waals surface area contributed by atoms with Gasteiger partial charge in [-0.15, -0.1) is 0 Å². The fourth-order valence-corrected chi connectivity index (χ4v) is 1.91. The van der Waals surface area contributed by atoms with Crippen LogP contribution in [0.3, 0.4) is 0 Å². The van der Waals surface area contributed by atoms with Crippen molar-refractivity contribution in [3.05, 3.63) is 42.7 Å². The lowest BCUT2D eigenvalue weighted by Crippen LogP contribution is -2.30. The number of nitrogens with two attached hydrogens (primary N) is 1. The highest BCUT2D eigenvalue weighted by molar-refractivity contribution is 5.79. The molecule has 2 heterocycles. The lowest BCUT2D eigenvalue weighted by Gasteiger charge is -1.94. The molecule has 90 valence electrons. The molecule has 3 aromatic rings. The molecule has 0 saturated carbocycles. The molecule has 0 spiro atoms. The topological polar surface area (TPSA) is 55.9 Å². The molecule has 0 bridgehead atoms. The summed E-state index contributed by atoms with van der Waals surface area (Å²) in [6.45, 7) is 3.01. The van der Waals surface area contributed by atoms with Crippen molar-refractivity contribution in [2.45, 2.75) is 13.5 Å². The lowest BCUT2D eigenvalue weighted by molar-refractivity contribution is -0.693. The SMILES string of the molecule is CC[n+]1cccc(-c2nc3ccc(N)cc3o2)c1. The van der Waals surface area contributed by atoms with Gasteiger partial charge < -0.3 is 10.2 Å². The summed E-state index contributed by atoms with van der Waals surface area (Å²) in [4.78, 5) is 4.46. The fourth-order valence-electron chi connectivity index (χ4n) is 1.91. The van der Waals surface area contributed by atoms with Crippen LogP contribution < -0.4 is 10.3 Å². The van der Waals surface area contributed by atoms with E-state index in [2.05, 4.69) is 16.5 Å². The third kappa shape index (κ3) is 1.82. The number of anilines is 1. The number of hydrogen-bond donors (Lipinski definition) is 1. The van der Waals surface area contributed by atoms with Crippen LogP contribution in [-0.2, 0) is 6.54 Å². The molecular formula is C14H14N3O+. The van der Waals surface area contributed by atoms with Gasteiger partial charge in [0.05, 0.1) is 0 Å². The van der Waals surface area contributed by atoms with Crippen molar-refractivity contribution >= 4 is 16.8 Å². The fraction of sp³-hybridized carbons (Fsp3) is 0.143. The summed E-state index contributed by atoms with van der Waals surface area (Å²) < 4.78 is 7.81. The van der Waals surface area contributed by atoms with Crippen molar-refractivity contribution in [2.24, 2.45) is 0 Å². The number of oxazole rings is 1. The van der Waals surface area contributed by atoms with Gasteiger partial charge in [0, 0.05) is 17.8 Å². The van der Waals surface area contributed by atoms with Gasteiger partial charge in [0.1, 0.15) is 17.6 Å². The van der Waals surface area contributed by atoms with E-state index in [0.717, 1.165) is 23.2 Å². The van der Waals surface area contributed by atoms with Crippen LogP contribution in [0.5, 0.6) is 0 Å². The van der Waals surface area contributed by atoms with Crippen LogP contribution >= 0.6 is 0 Å². The summed E-state index contributed by atoms with van der Waals surface area (Å²) in [6, 6.07) is 9.46. The van der Waals surface area contributed by atoms with Gasteiger partial charge in [0.2, 0.25) is 5.89 Å². The van der Waals surface area contributed by atoms with Crippen LogP contribution in [-0.4, -0.2) is 4.98 Å². The van der Waals surface area contributed by atoms with Gasteiger partial charge in [0.15, 0.2) is 18.0 Å². The van der Waals surface area contributed by atoms with E-state index in [-0.39, 0.29) is 0 Å². The zero-order valence-corrected chi connectivity index (χ0v) is 10.1. The first-order valence-electron chi connectivity index (χ1n) is 5.92. The van der Waals surface area contributed by atoms with Crippen LogP contribution in [0.4, 0.5) is 5.69 Å². The minimum absolute atomic E-state index is 0.624. The van der Waals surface area contributed by atoms with Crippen LogP contribution in [0.15, 0.2) is 47.1 Å². The predicted molar refractivity (Wildman–Crippen MR) is 69.7 cm³/mol. The Morgan fingerprint density at radius 1 is 1.33 bits per heavy atom. The van der Waals surface area contributed by atoms with E-state index < -0.39 is 0 Å². The van der Waals surface area contributed by atoms with Crippen molar-refractivity contribution in [1.29, 1.82) is 0 Å². The zero-order chi connectivity index (χ0) is 12.5. The molecule has 0 aliphatic heterocycles. The summed E-state index contributed by atoms with van der Waals surface area (Å²) in [6.07, 6.45) is 4.04. The van der Waals surface area contributed by atoms with Crippen molar-refractivity contribution in [3.8, 4) is 11.5 Å². The van der Waals surface area contributed by atoms with E-state index >= 15 is 0 Å². The number of hydrogen-bond acceptors (Lipinski definition) is 3. The number of benzene rings is 1. The first-order valence-corrected chi connectivity index (χ1v) is 5.92. The maximum absolute atomic E-state index is 5.73. The smallest absolute Gasteiger partial charge is 0.233 e. The highest BCUT2D eigenvalue weighted by Crippen LogP contribution is 2.24. The first kappa shape index (κ1) is 10.8. The molecular weight excluding hydrogens is 226 g/mol. The van der Waals surface area contributed by atoms with Crippen molar-refractivity contribution in [1.82, 2.24) is 4.98 Å². The van der Waals surface area contributed by atoms with Crippen molar-refractivity contribution in [3.63, 3.8) is 0 Å². The number of aryl methyl sites for hydroxylation is 1. The number of nitrogen functional groups attached to an aromatic ring is 1. The van der Waals surface area contributed by atoms with Gasteiger partial charge in [0.25, 0.3) is 0 Å². The minimum atomic E-state index is 0.624. The van der Waals surface area contributed by atoms with E-state index in [1.165, 1.54) is 0 Å². The molecule has 0 aliphatic carbocycles. The Morgan fingerprint density at radius 3 is 3.06 bits per heavy atom. The molecule has 0 radical (unpaired) electrons. The van der Waals surface area contributed by atoms with E-state index in [0.29, 0.717) is 11.6 Å². The Bertz CT molecular complexity index is 703. The Labute approximate surface area is 105 Å². The Morgan fingerprint density at radius 2 is 2.22 bits per heavy atom. The average molecular weight is 240 g/mol. The molecule has 0 saturated heterocycles. The second kappa shape index (κ2) is 4.14. The molecule has 2 N–H and O–H groups in total. The Kier molecular flexibility index (Phi) is 2.48. The van der Waals surface area contributed by atoms with Crippen LogP contribution in [0.2, 0.25) is 0 Å². The third-order valence-corrected chi connectivity index (χ3v) is 2.88. The van der Waals surface area contributed by atoms with Gasteiger partial charge in [-0.1, -0.05) is 0 Å². The second-order valence-electron chi connectivity index (χ2n) is 4.17. The molecule has 2 aromatic heterocycles. The number of pyridine rings is 1. The summed E-state index contributed by atoms with van der Waals surface area (Å²) >= 11 is 0. The minimum Gasteiger partial charge on any atom is -0.436 e. The van der Waals surface area contributed by atoms with Gasteiger partial charge in [-0.25, -0.2) is 9.55 Å². The maximum atomic E-state index is 5.73. The summed E-state index contributed by atoms with van der Waals surface area (Å²) in [7, 11) is 0. The van der Waals surface area contributed by atoms with Gasteiger partial charge in [-0.2, -0.15) is 0 Å². The normalized spacial score (nSPS) is 10.9. The molecule has 4 heteroatoms. The quantitative estimate of drug-likeness (QED) is 0.552. The molecule has 0 unspecified atom stereocenters. The summed E-state index contributed by atoms with van der Waals surface area (Å²) in [5.74, 6) is 0.624. The molecule has 4 nitrogen and oxygen atoms in total. The van der Waals surface area contributed by atoms with Gasteiger partial charge >= 0.3 is 0 Å². The maximum Gasteiger partial charge on any atom is 0.233 e. The van der Waals surface area contributed by atoms with E-state index in [4.69, 9.17) is 10.2 Å². The largest absolute Gasteiger partial charge is 0.436 e. The number of nitrogens with zero attached hydrogens (tertiary/aromatic N) is 2. The molecule has 3 rings (SSSR count). The zero-order valence-electron chi connectivity index (χ0n) is 10.1. The van der Waals surface area contributed by atoms with E-state index in [1.807, 2.05) is 36.7 Å². The molecule has 0 fully saturated rings. The molecule has 0 amide bonds. The van der Waals surface area contributed by atoms with E-state index in [9.17, 15) is 0 Å². The van der Waals surface area contributed by atoms with Crippen LogP contribution in [0, 0.1) is 0 Å². The third-order valence-electron chi connectivity index (χ3n) is 2.88. The Balaban J connectivity index is 2.13. The highest BCUT2D eigenvalue weighted by Gasteiger charge is 2.11. The standard InChI is InChI=1S/C14H14N3O/c1-2-17-7-3-4-10(9-17)14-16-12-6-5-11(15)8-13(12)18-14/h3-9H,2,15H2,1H3/q+1. The number of rotatable bonds is 2. The molecule has 18 heavy (non-hydrogen) atoms. The van der Waals surface area contributed by atoms with Crippen molar-refractivity contribution in [2.75, 3.05) is 5.73 Å². The average Bonchev–Trinajstić information content (AvgIpc) is 2.81. The number of aromatic nitrogens is 2. The Hall–Kier alpha value is -2.36. The van der Waals surface area contributed by atoms with Crippen LogP contribution in [0.1, 0.15) is 6.92 Å². The highest BCUT2D eigenvalue weighted by atomic mass is 16.3. The van der Waals surface area contributed by atoms with Gasteiger partial charge in [-0.05, 0) is 25.1 Å². The monoisotopic (exact) mass is 240 g/mol. The first-order chi connectivity index (χ1) is 8.76. The number of fused-ring (bicyclic) bond motifs is 1. The molecule has 1 aromatic carbocycles.